The number of aliphatic hydroxyl groups is 1. The molecule has 0 bridgehead atoms. The van der Waals surface area contributed by atoms with E-state index in [0.717, 1.165) is 32.2 Å². The molecule has 2 heterocycles. The molecule has 0 spiro atoms. The van der Waals surface area contributed by atoms with E-state index in [2.05, 4.69) is 0 Å². The average molecular weight is 286 g/mol. The Kier molecular flexibility index (Phi) is 4.65. The highest BCUT2D eigenvalue weighted by atomic mass is 32.2. The molecule has 0 aliphatic carbocycles. The van der Waals surface area contributed by atoms with E-state index in [4.69, 9.17) is 0 Å². The van der Waals surface area contributed by atoms with Gasteiger partial charge in [-0.25, -0.2) is 8.42 Å². The lowest BCUT2D eigenvalue weighted by molar-refractivity contribution is 0.270. The van der Waals surface area contributed by atoms with E-state index in [1.165, 1.54) is 0 Å². The number of rotatable bonds is 5. The number of sulfonamides is 1. The Morgan fingerprint density at radius 2 is 1.95 bits per heavy atom. The van der Waals surface area contributed by atoms with Gasteiger partial charge in [-0.05, 0) is 25.3 Å². The minimum atomic E-state index is -3.39. The van der Waals surface area contributed by atoms with E-state index >= 15 is 0 Å². The van der Waals surface area contributed by atoms with E-state index in [0.29, 0.717) is 23.7 Å². The lowest BCUT2D eigenvalue weighted by Crippen LogP contribution is -2.35. The van der Waals surface area contributed by atoms with Crippen molar-refractivity contribution in [2.75, 3.05) is 13.1 Å². The number of nitrogens with zero attached hydrogens (tertiary/aromatic N) is 2. The topological polar surface area (TPSA) is 62.5 Å². The van der Waals surface area contributed by atoms with Crippen LogP contribution in [0.25, 0.3) is 0 Å². The predicted molar refractivity (Wildman–Crippen MR) is 73.3 cm³/mol. The zero-order chi connectivity index (χ0) is 13.9. The van der Waals surface area contributed by atoms with Crippen LogP contribution in [-0.2, 0) is 23.2 Å². The van der Waals surface area contributed by atoms with E-state index in [1.54, 1.807) is 16.6 Å². The van der Waals surface area contributed by atoms with Crippen molar-refractivity contribution in [1.82, 2.24) is 8.87 Å². The van der Waals surface area contributed by atoms with Crippen LogP contribution in [0.4, 0.5) is 0 Å². The number of hydrogen-bond donors (Lipinski definition) is 1. The standard InChI is InChI=1S/C13H22N2O3S/c1-2-6-14-10-13(9-12(14)11-16)19(17,18)15-7-4-3-5-8-15/h9-10,16H,2-8,11H2,1H3. The molecule has 108 valence electrons. The summed E-state index contributed by atoms with van der Waals surface area (Å²) in [7, 11) is -3.39. The lowest BCUT2D eigenvalue weighted by atomic mass is 10.2. The summed E-state index contributed by atoms with van der Waals surface area (Å²) in [5.74, 6) is 0. The highest BCUT2D eigenvalue weighted by Gasteiger charge is 2.27. The predicted octanol–water partition coefficient (Wildman–Crippen LogP) is 1.56. The second kappa shape index (κ2) is 6.07. The molecule has 1 fully saturated rings. The van der Waals surface area contributed by atoms with Crippen LogP contribution in [0, 0.1) is 0 Å². The van der Waals surface area contributed by atoms with Crippen LogP contribution in [0.3, 0.4) is 0 Å². The Hall–Kier alpha value is -0.850. The fourth-order valence-electron chi connectivity index (χ4n) is 2.50. The number of aliphatic hydroxyl groups excluding tert-OH is 1. The molecule has 1 aromatic heterocycles. The zero-order valence-electron chi connectivity index (χ0n) is 11.4. The molecule has 6 heteroatoms. The molecule has 1 aromatic rings. The lowest BCUT2D eigenvalue weighted by Gasteiger charge is -2.25. The molecule has 0 unspecified atom stereocenters. The fourth-order valence-corrected chi connectivity index (χ4v) is 4.08. The van der Waals surface area contributed by atoms with Crippen molar-refractivity contribution in [3.63, 3.8) is 0 Å². The molecular weight excluding hydrogens is 264 g/mol. The van der Waals surface area contributed by atoms with Gasteiger partial charge in [0.05, 0.1) is 6.61 Å². The summed E-state index contributed by atoms with van der Waals surface area (Å²) in [4.78, 5) is 0.312. The van der Waals surface area contributed by atoms with Gasteiger partial charge >= 0.3 is 0 Å². The largest absolute Gasteiger partial charge is 0.390 e. The normalized spacial score (nSPS) is 17.8. The van der Waals surface area contributed by atoms with Crippen LogP contribution >= 0.6 is 0 Å². The molecule has 0 saturated carbocycles. The third-order valence-corrected chi connectivity index (χ3v) is 5.40. The maximum atomic E-state index is 12.5. The van der Waals surface area contributed by atoms with Crippen molar-refractivity contribution in [2.45, 2.75) is 50.7 Å². The Balaban J connectivity index is 2.29. The third kappa shape index (κ3) is 3.01. The molecule has 0 aromatic carbocycles. The van der Waals surface area contributed by atoms with Gasteiger partial charge in [-0.2, -0.15) is 4.31 Å². The van der Waals surface area contributed by atoms with Crippen molar-refractivity contribution in [3.8, 4) is 0 Å². The zero-order valence-corrected chi connectivity index (χ0v) is 12.2. The molecule has 1 aliphatic heterocycles. The Morgan fingerprint density at radius 1 is 1.26 bits per heavy atom. The highest BCUT2D eigenvalue weighted by Crippen LogP contribution is 2.22. The summed E-state index contributed by atoms with van der Waals surface area (Å²) in [5.41, 5.74) is 0.664. The number of aromatic nitrogens is 1. The first kappa shape index (κ1) is 14.6. The van der Waals surface area contributed by atoms with Gasteiger partial charge in [-0.15, -0.1) is 0 Å². The Bertz CT molecular complexity index is 516. The summed E-state index contributed by atoms with van der Waals surface area (Å²) in [6.07, 6.45) is 5.53. The van der Waals surface area contributed by atoms with Crippen molar-refractivity contribution < 1.29 is 13.5 Å². The second-order valence-corrected chi connectivity index (χ2v) is 6.92. The highest BCUT2D eigenvalue weighted by molar-refractivity contribution is 7.89. The van der Waals surface area contributed by atoms with Crippen LogP contribution in [0.5, 0.6) is 0 Å². The SMILES string of the molecule is CCCn1cc(S(=O)(=O)N2CCCCC2)cc1CO. The van der Waals surface area contributed by atoms with Gasteiger partial charge in [0.1, 0.15) is 4.90 Å². The average Bonchev–Trinajstić information content (AvgIpc) is 2.84. The maximum absolute atomic E-state index is 12.5. The van der Waals surface area contributed by atoms with Crippen LogP contribution in [-0.4, -0.2) is 35.5 Å². The van der Waals surface area contributed by atoms with Gasteiger partial charge in [0.25, 0.3) is 0 Å². The first-order valence-corrected chi connectivity index (χ1v) is 8.33. The van der Waals surface area contributed by atoms with E-state index in [-0.39, 0.29) is 6.61 Å². The van der Waals surface area contributed by atoms with Gasteiger partial charge in [-0.1, -0.05) is 13.3 Å². The van der Waals surface area contributed by atoms with Crippen molar-refractivity contribution >= 4 is 10.0 Å². The number of piperidine rings is 1. The molecule has 0 atom stereocenters. The molecule has 1 N–H and O–H groups in total. The van der Waals surface area contributed by atoms with Crippen LogP contribution in [0.2, 0.25) is 0 Å². The van der Waals surface area contributed by atoms with Gasteiger partial charge in [0.15, 0.2) is 0 Å². The summed E-state index contributed by atoms with van der Waals surface area (Å²) in [6, 6.07) is 1.60. The Labute approximate surface area is 114 Å². The Morgan fingerprint density at radius 3 is 2.53 bits per heavy atom. The second-order valence-electron chi connectivity index (χ2n) is 4.98. The monoisotopic (exact) mass is 286 g/mol. The quantitative estimate of drug-likeness (QED) is 0.893. The van der Waals surface area contributed by atoms with Gasteiger partial charge < -0.3 is 9.67 Å². The van der Waals surface area contributed by atoms with Crippen LogP contribution in [0.15, 0.2) is 17.2 Å². The first-order valence-electron chi connectivity index (χ1n) is 6.89. The summed E-state index contributed by atoms with van der Waals surface area (Å²) >= 11 is 0. The van der Waals surface area contributed by atoms with Crippen LogP contribution in [0.1, 0.15) is 38.3 Å². The summed E-state index contributed by atoms with van der Waals surface area (Å²) in [5, 5.41) is 9.31. The summed E-state index contributed by atoms with van der Waals surface area (Å²) in [6.45, 7) is 3.84. The molecular formula is C13H22N2O3S. The third-order valence-electron chi connectivity index (χ3n) is 3.54. The first-order chi connectivity index (χ1) is 9.09. The molecule has 0 amide bonds. The number of aryl methyl sites for hydroxylation is 1. The minimum Gasteiger partial charge on any atom is -0.390 e. The van der Waals surface area contributed by atoms with E-state index < -0.39 is 10.0 Å². The fraction of sp³-hybridized carbons (Fsp3) is 0.692. The molecule has 1 saturated heterocycles. The minimum absolute atomic E-state index is 0.129. The molecule has 2 rings (SSSR count). The van der Waals surface area contributed by atoms with Gasteiger partial charge in [0, 0.05) is 31.5 Å². The smallest absolute Gasteiger partial charge is 0.244 e. The van der Waals surface area contributed by atoms with Gasteiger partial charge in [-0.3, -0.25) is 0 Å². The van der Waals surface area contributed by atoms with Crippen molar-refractivity contribution in [3.05, 3.63) is 18.0 Å². The van der Waals surface area contributed by atoms with E-state index in [9.17, 15) is 13.5 Å². The number of hydrogen-bond acceptors (Lipinski definition) is 3. The molecule has 0 radical (unpaired) electrons. The van der Waals surface area contributed by atoms with Crippen LogP contribution < -0.4 is 0 Å². The molecule has 19 heavy (non-hydrogen) atoms. The van der Waals surface area contributed by atoms with Gasteiger partial charge in [0.2, 0.25) is 10.0 Å². The van der Waals surface area contributed by atoms with Crippen molar-refractivity contribution in [1.29, 1.82) is 0 Å². The van der Waals surface area contributed by atoms with Crippen molar-refractivity contribution in [2.24, 2.45) is 0 Å². The van der Waals surface area contributed by atoms with E-state index in [1.807, 2.05) is 11.5 Å². The maximum Gasteiger partial charge on any atom is 0.244 e. The molecule has 1 aliphatic rings. The summed E-state index contributed by atoms with van der Waals surface area (Å²) < 4.78 is 28.4. The molecule has 5 nitrogen and oxygen atoms in total.